The number of nitrogens with zero attached hydrogens (tertiary/aromatic N) is 1. The highest BCUT2D eigenvalue weighted by molar-refractivity contribution is 5.88. The fourth-order valence-electron chi connectivity index (χ4n) is 1.80. The predicted molar refractivity (Wildman–Crippen MR) is 72.6 cm³/mol. The number of benzene rings is 2. The lowest BCUT2D eigenvalue weighted by Gasteiger charge is -2.20. The molecule has 0 bridgehead atoms. The second-order valence-electron chi connectivity index (χ2n) is 4.36. The van der Waals surface area contributed by atoms with E-state index < -0.39 is 11.8 Å². The van der Waals surface area contributed by atoms with E-state index >= 15 is 0 Å². The highest BCUT2D eigenvalue weighted by Crippen LogP contribution is 2.25. The number of hydrogen-bond donors (Lipinski definition) is 1. The highest BCUT2D eigenvalue weighted by atomic mass is 19.1. The van der Waals surface area contributed by atoms with Gasteiger partial charge in [-0.1, -0.05) is 17.7 Å². The van der Waals surface area contributed by atoms with Gasteiger partial charge in [-0.2, -0.15) is 0 Å². The van der Waals surface area contributed by atoms with Crippen molar-refractivity contribution in [1.29, 1.82) is 0 Å². The van der Waals surface area contributed by atoms with E-state index in [4.69, 9.17) is 5.11 Å². The molecule has 1 N–H and O–H groups in total. The van der Waals surface area contributed by atoms with Crippen molar-refractivity contribution in [2.24, 2.45) is 0 Å². The van der Waals surface area contributed by atoms with Crippen LogP contribution in [0.5, 0.6) is 0 Å². The summed E-state index contributed by atoms with van der Waals surface area (Å²) in [6.07, 6.45) is 0. The third kappa shape index (κ3) is 2.73. The molecule has 0 aromatic heterocycles. The van der Waals surface area contributed by atoms with E-state index in [1.807, 2.05) is 31.2 Å². The minimum Gasteiger partial charge on any atom is -0.478 e. The Morgan fingerprint density at radius 2 is 1.68 bits per heavy atom. The summed E-state index contributed by atoms with van der Waals surface area (Å²) in [7, 11) is 1.81. The summed E-state index contributed by atoms with van der Waals surface area (Å²) in [5, 5.41) is 8.79. The van der Waals surface area contributed by atoms with Gasteiger partial charge in [-0.15, -0.1) is 0 Å². The first-order valence-corrected chi connectivity index (χ1v) is 5.82. The standard InChI is InChI=1S/C15H14FNO2/c1-10-3-5-11(6-4-10)17(2)12-7-8-13(15(18)19)14(16)9-12/h3-9H,1-2H3,(H,18,19). The molecule has 0 spiro atoms. The van der Waals surface area contributed by atoms with E-state index in [1.165, 1.54) is 12.1 Å². The van der Waals surface area contributed by atoms with Crippen LogP contribution in [0.1, 0.15) is 15.9 Å². The Kier molecular flexibility index (Phi) is 3.51. The number of carbonyl (C=O) groups is 1. The first kappa shape index (κ1) is 13.1. The van der Waals surface area contributed by atoms with Crippen LogP contribution in [0.15, 0.2) is 42.5 Å². The van der Waals surface area contributed by atoms with Gasteiger partial charge in [0.15, 0.2) is 0 Å². The second-order valence-corrected chi connectivity index (χ2v) is 4.36. The Labute approximate surface area is 110 Å². The molecular formula is C15H14FNO2. The van der Waals surface area contributed by atoms with Gasteiger partial charge in [0, 0.05) is 18.4 Å². The molecule has 0 fully saturated rings. The quantitative estimate of drug-likeness (QED) is 0.915. The molecule has 0 unspecified atom stereocenters. The number of carboxylic acids is 1. The number of rotatable bonds is 3. The van der Waals surface area contributed by atoms with E-state index in [2.05, 4.69) is 0 Å². The van der Waals surface area contributed by atoms with Gasteiger partial charge in [-0.05, 0) is 37.3 Å². The average Bonchev–Trinajstić information content (AvgIpc) is 2.38. The van der Waals surface area contributed by atoms with Gasteiger partial charge in [-0.25, -0.2) is 9.18 Å². The van der Waals surface area contributed by atoms with Gasteiger partial charge in [0.25, 0.3) is 0 Å². The van der Waals surface area contributed by atoms with Crippen molar-refractivity contribution >= 4 is 17.3 Å². The number of aryl methyl sites for hydroxylation is 1. The molecule has 0 amide bonds. The van der Waals surface area contributed by atoms with Crippen LogP contribution >= 0.6 is 0 Å². The molecule has 0 aliphatic rings. The van der Waals surface area contributed by atoms with Gasteiger partial charge in [0.2, 0.25) is 0 Å². The minimum atomic E-state index is -1.26. The van der Waals surface area contributed by atoms with Gasteiger partial charge in [-0.3, -0.25) is 0 Å². The van der Waals surface area contributed by atoms with Crippen LogP contribution in [0.25, 0.3) is 0 Å². The zero-order chi connectivity index (χ0) is 14.0. The van der Waals surface area contributed by atoms with Crippen molar-refractivity contribution < 1.29 is 14.3 Å². The Balaban J connectivity index is 2.34. The van der Waals surface area contributed by atoms with Crippen LogP contribution in [0, 0.1) is 12.7 Å². The van der Waals surface area contributed by atoms with Crippen LogP contribution in [0.2, 0.25) is 0 Å². The maximum Gasteiger partial charge on any atom is 0.338 e. The van der Waals surface area contributed by atoms with E-state index in [0.717, 1.165) is 11.3 Å². The smallest absolute Gasteiger partial charge is 0.338 e. The van der Waals surface area contributed by atoms with Gasteiger partial charge in [0.05, 0.1) is 5.56 Å². The molecule has 0 saturated carbocycles. The summed E-state index contributed by atoms with van der Waals surface area (Å²) < 4.78 is 13.6. The molecule has 0 heterocycles. The van der Waals surface area contributed by atoms with Crippen molar-refractivity contribution in [1.82, 2.24) is 0 Å². The molecular weight excluding hydrogens is 245 g/mol. The second kappa shape index (κ2) is 5.10. The van der Waals surface area contributed by atoms with E-state index in [9.17, 15) is 9.18 Å². The first-order valence-electron chi connectivity index (χ1n) is 5.82. The summed E-state index contributed by atoms with van der Waals surface area (Å²) in [6.45, 7) is 1.99. The number of hydrogen-bond acceptors (Lipinski definition) is 2. The number of anilines is 2. The SMILES string of the molecule is Cc1ccc(N(C)c2ccc(C(=O)O)c(F)c2)cc1. The van der Waals surface area contributed by atoms with E-state index in [-0.39, 0.29) is 5.56 Å². The Morgan fingerprint density at radius 3 is 2.21 bits per heavy atom. The summed E-state index contributed by atoms with van der Waals surface area (Å²) in [4.78, 5) is 12.6. The van der Waals surface area contributed by atoms with E-state index in [0.29, 0.717) is 5.69 Å². The van der Waals surface area contributed by atoms with Crippen LogP contribution in [0.4, 0.5) is 15.8 Å². The topological polar surface area (TPSA) is 40.5 Å². The van der Waals surface area contributed by atoms with Crippen LogP contribution in [-0.2, 0) is 0 Å². The van der Waals surface area contributed by atoms with Crippen molar-refractivity contribution in [3.63, 3.8) is 0 Å². The zero-order valence-electron chi connectivity index (χ0n) is 10.7. The summed E-state index contributed by atoms with van der Waals surface area (Å²) in [6, 6.07) is 11.9. The maximum atomic E-state index is 13.6. The normalized spacial score (nSPS) is 10.3. The van der Waals surface area contributed by atoms with Crippen molar-refractivity contribution in [3.8, 4) is 0 Å². The van der Waals surface area contributed by atoms with Crippen molar-refractivity contribution in [2.75, 3.05) is 11.9 Å². The zero-order valence-corrected chi connectivity index (χ0v) is 10.7. The first-order chi connectivity index (χ1) is 8.99. The molecule has 2 rings (SSSR count). The molecule has 98 valence electrons. The Hall–Kier alpha value is -2.36. The summed E-state index contributed by atoms with van der Waals surface area (Å²) in [5.74, 6) is -1.99. The lowest BCUT2D eigenvalue weighted by Crippen LogP contribution is -2.10. The molecule has 2 aromatic carbocycles. The molecule has 4 heteroatoms. The molecule has 0 aliphatic heterocycles. The molecule has 19 heavy (non-hydrogen) atoms. The molecule has 0 atom stereocenters. The molecule has 0 radical (unpaired) electrons. The average molecular weight is 259 g/mol. The molecule has 2 aromatic rings. The molecule has 3 nitrogen and oxygen atoms in total. The lowest BCUT2D eigenvalue weighted by molar-refractivity contribution is 0.0692. The predicted octanol–water partition coefficient (Wildman–Crippen LogP) is 3.60. The van der Waals surface area contributed by atoms with Crippen LogP contribution in [0.3, 0.4) is 0 Å². The fraction of sp³-hybridized carbons (Fsp3) is 0.133. The maximum absolute atomic E-state index is 13.6. The molecule has 0 aliphatic carbocycles. The third-order valence-corrected chi connectivity index (χ3v) is 2.99. The number of halogens is 1. The van der Waals surface area contributed by atoms with Crippen molar-refractivity contribution in [2.45, 2.75) is 6.92 Å². The third-order valence-electron chi connectivity index (χ3n) is 2.99. The summed E-state index contributed by atoms with van der Waals surface area (Å²) >= 11 is 0. The van der Waals surface area contributed by atoms with Gasteiger partial charge in [0.1, 0.15) is 5.82 Å². The largest absolute Gasteiger partial charge is 0.478 e. The Morgan fingerprint density at radius 1 is 1.11 bits per heavy atom. The van der Waals surface area contributed by atoms with Gasteiger partial charge < -0.3 is 10.0 Å². The van der Waals surface area contributed by atoms with Gasteiger partial charge >= 0.3 is 5.97 Å². The summed E-state index contributed by atoms with van der Waals surface area (Å²) in [5.41, 5.74) is 2.34. The fourth-order valence-corrected chi connectivity index (χ4v) is 1.80. The monoisotopic (exact) mass is 259 g/mol. The van der Waals surface area contributed by atoms with Crippen LogP contribution in [-0.4, -0.2) is 18.1 Å². The Bertz CT molecular complexity index is 608. The number of aromatic carboxylic acids is 1. The van der Waals surface area contributed by atoms with Crippen LogP contribution < -0.4 is 4.90 Å². The van der Waals surface area contributed by atoms with E-state index in [1.54, 1.807) is 18.0 Å². The highest BCUT2D eigenvalue weighted by Gasteiger charge is 2.12. The number of carboxylic acid groups (broad SMARTS) is 1. The minimum absolute atomic E-state index is 0.318. The molecule has 0 saturated heterocycles. The lowest BCUT2D eigenvalue weighted by atomic mass is 10.1. The van der Waals surface area contributed by atoms with Crippen molar-refractivity contribution in [3.05, 3.63) is 59.4 Å².